The molecule has 1 saturated heterocycles. The minimum atomic E-state index is -4.49. The number of carbonyl (C=O) groups excluding carboxylic acids is 1. The molecular weight excluding hydrogens is 444 g/mol. The molecule has 0 radical (unpaired) electrons. The lowest BCUT2D eigenvalue weighted by Crippen LogP contribution is -2.50. The maximum absolute atomic E-state index is 13.1. The quantitative estimate of drug-likeness (QED) is 0.618. The molecule has 1 aromatic rings. The molecule has 1 amide bonds. The monoisotopic (exact) mass is 469 g/mol. The number of nitrogens with zero attached hydrogens (tertiary/aromatic N) is 1. The van der Waals surface area contributed by atoms with Crippen LogP contribution in [-0.4, -0.2) is 54.8 Å². The van der Waals surface area contributed by atoms with Crippen LogP contribution in [0.4, 0.5) is 32.0 Å². The minimum absolute atomic E-state index is 0.0306. The largest absolute Gasteiger partial charge is 0.484 e. The van der Waals surface area contributed by atoms with Gasteiger partial charge in [-0.1, -0.05) is 0 Å². The first-order valence-corrected chi connectivity index (χ1v) is 10.3. The normalized spacial score (nSPS) is 27.8. The molecule has 1 unspecified atom stereocenters. The SMILES string of the molecule is CC(OCC(F)(F)F)C1(O)CCC2(CCN(c3ccc(OCC(F)(F)F)cc3)C2=O)CC1. The van der Waals surface area contributed by atoms with Crippen molar-refractivity contribution in [1.29, 1.82) is 0 Å². The van der Waals surface area contributed by atoms with Gasteiger partial charge >= 0.3 is 12.4 Å². The van der Waals surface area contributed by atoms with Gasteiger partial charge in [0, 0.05) is 12.2 Å². The van der Waals surface area contributed by atoms with E-state index in [4.69, 9.17) is 4.74 Å². The zero-order valence-electron chi connectivity index (χ0n) is 17.4. The van der Waals surface area contributed by atoms with Gasteiger partial charge in [0.05, 0.1) is 17.1 Å². The molecule has 1 aliphatic carbocycles. The van der Waals surface area contributed by atoms with Crippen molar-refractivity contribution in [3.8, 4) is 5.75 Å². The molecule has 3 rings (SSSR count). The Hall–Kier alpha value is -2.01. The highest BCUT2D eigenvalue weighted by molar-refractivity contribution is 6.00. The van der Waals surface area contributed by atoms with Crippen LogP contribution >= 0.6 is 0 Å². The van der Waals surface area contributed by atoms with Gasteiger partial charge in [-0.3, -0.25) is 4.79 Å². The van der Waals surface area contributed by atoms with Crippen molar-refractivity contribution in [3.63, 3.8) is 0 Å². The molecule has 1 spiro atoms. The van der Waals surface area contributed by atoms with Crippen molar-refractivity contribution < 1.29 is 45.7 Å². The number of hydrogen-bond acceptors (Lipinski definition) is 4. The fraction of sp³-hybridized carbons (Fsp3) is 0.667. The molecule has 1 N–H and O–H groups in total. The van der Waals surface area contributed by atoms with Gasteiger partial charge < -0.3 is 19.5 Å². The number of carbonyl (C=O) groups is 1. The van der Waals surface area contributed by atoms with Crippen LogP contribution in [0.15, 0.2) is 24.3 Å². The third-order valence-corrected chi connectivity index (χ3v) is 6.39. The number of amides is 1. The van der Waals surface area contributed by atoms with Gasteiger partial charge in [0.2, 0.25) is 5.91 Å². The number of ether oxygens (including phenoxy) is 2. The highest BCUT2D eigenvalue weighted by Gasteiger charge is 2.53. The lowest BCUT2D eigenvalue weighted by Gasteiger charge is -2.43. The van der Waals surface area contributed by atoms with Gasteiger partial charge in [-0.2, -0.15) is 26.3 Å². The zero-order chi connectivity index (χ0) is 23.8. The lowest BCUT2D eigenvalue weighted by molar-refractivity contribution is -0.212. The Morgan fingerprint density at radius 1 is 0.969 bits per heavy atom. The van der Waals surface area contributed by atoms with Crippen molar-refractivity contribution in [2.24, 2.45) is 5.41 Å². The highest BCUT2D eigenvalue weighted by atomic mass is 19.4. The van der Waals surface area contributed by atoms with Crippen LogP contribution < -0.4 is 9.64 Å². The molecule has 0 aromatic heterocycles. The van der Waals surface area contributed by atoms with Crippen molar-refractivity contribution >= 4 is 11.6 Å². The molecular formula is C21H25F6NO4. The van der Waals surface area contributed by atoms with Crippen LogP contribution in [0.1, 0.15) is 39.0 Å². The molecule has 1 aromatic carbocycles. The van der Waals surface area contributed by atoms with E-state index in [1.54, 1.807) is 4.90 Å². The first-order valence-electron chi connectivity index (χ1n) is 10.3. The standard InChI is InChI=1S/C21H25F6NO4/c1-14(31-12-20(22,23)24)19(30)8-6-18(7-9-19)10-11-28(17(18)29)15-2-4-16(5-3-15)32-13-21(25,26)27/h2-5,14,30H,6-13H2,1H3. The summed E-state index contributed by atoms with van der Waals surface area (Å²) in [5.74, 6) is -0.129. The predicted octanol–water partition coefficient (Wildman–Crippen LogP) is 4.62. The Kier molecular flexibility index (Phi) is 6.72. The van der Waals surface area contributed by atoms with E-state index in [1.165, 1.54) is 31.2 Å². The molecule has 0 bridgehead atoms. The number of anilines is 1. The van der Waals surface area contributed by atoms with Gasteiger partial charge in [-0.05, 0) is 63.3 Å². The van der Waals surface area contributed by atoms with E-state index in [-0.39, 0.29) is 24.5 Å². The van der Waals surface area contributed by atoms with Crippen LogP contribution in [-0.2, 0) is 9.53 Å². The van der Waals surface area contributed by atoms with E-state index in [0.717, 1.165) is 0 Å². The van der Waals surface area contributed by atoms with Crippen LogP contribution in [0.5, 0.6) is 5.75 Å². The average molecular weight is 469 g/mol. The number of halogens is 6. The number of rotatable bonds is 6. The van der Waals surface area contributed by atoms with E-state index < -0.39 is 42.7 Å². The van der Waals surface area contributed by atoms with E-state index in [1.807, 2.05) is 0 Å². The maximum atomic E-state index is 13.1. The summed E-state index contributed by atoms with van der Waals surface area (Å²) in [5, 5.41) is 10.8. The summed E-state index contributed by atoms with van der Waals surface area (Å²) in [6, 6.07) is 5.74. The van der Waals surface area contributed by atoms with E-state index in [9.17, 15) is 36.2 Å². The lowest BCUT2D eigenvalue weighted by atomic mass is 9.66. The molecule has 180 valence electrons. The van der Waals surface area contributed by atoms with Gasteiger partial charge in [-0.25, -0.2) is 0 Å². The number of aliphatic hydroxyl groups is 1. The van der Waals surface area contributed by atoms with Gasteiger partial charge in [0.25, 0.3) is 0 Å². The van der Waals surface area contributed by atoms with Crippen molar-refractivity contribution in [2.45, 2.75) is 63.1 Å². The molecule has 5 nitrogen and oxygen atoms in total. The van der Waals surface area contributed by atoms with Crippen LogP contribution in [0.3, 0.4) is 0 Å². The first kappa shape index (κ1) is 24.6. The summed E-state index contributed by atoms with van der Waals surface area (Å²) >= 11 is 0. The Balaban J connectivity index is 1.59. The first-order chi connectivity index (χ1) is 14.7. The second kappa shape index (κ2) is 8.74. The third kappa shape index (κ3) is 5.67. The van der Waals surface area contributed by atoms with Crippen LogP contribution in [0.2, 0.25) is 0 Å². The molecule has 1 aliphatic heterocycles. The van der Waals surface area contributed by atoms with Crippen LogP contribution in [0, 0.1) is 5.41 Å². The summed E-state index contributed by atoms with van der Waals surface area (Å²) in [4.78, 5) is 14.7. The summed E-state index contributed by atoms with van der Waals surface area (Å²) in [6.45, 7) is -1.06. The highest BCUT2D eigenvalue weighted by Crippen LogP contribution is 2.49. The van der Waals surface area contributed by atoms with Gasteiger partial charge in [0.15, 0.2) is 6.61 Å². The van der Waals surface area contributed by atoms with Gasteiger partial charge in [-0.15, -0.1) is 0 Å². The summed E-state index contributed by atoms with van der Waals surface area (Å²) < 4.78 is 83.5. The number of benzene rings is 1. The Bertz CT molecular complexity index is 800. The van der Waals surface area contributed by atoms with Crippen molar-refractivity contribution in [2.75, 3.05) is 24.7 Å². The Morgan fingerprint density at radius 2 is 1.53 bits per heavy atom. The van der Waals surface area contributed by atoms with E-state index >= 15 is 0 Å². The smallest absolute Gasteiger partial charge is 0.422 e. The summed E-state index contributed by atoms with van der Waals surface area (Å²) in [7, 11) is 0. The molecule has 2 aliphatic rings. The fourth-order valence-electron chi connectivity index (χ4n) is 4.36. The van der Waals surface area contributed by atoms with E-state index in [0.29, 0.717) is 31.5 Å². The molecule has 1 saturated carbocycles. The molecule has 32 heavy (non-hydrogen) atoms. The second-order valence-corrected chi connectivity index (χ2v) is 8.56. The number of alkyl halides is 6. The Morgan fingerprint density at radius 3 is 2.06 bits per heavy atom. The minimum Gasteiger partial charge on any atom is -0.484 e. The number of hydrogen-bond donors (Lipinski definition) is 1. The fourth-order valence-corrected chi connectivity index (χ4v) is 4.36. The molecule has 11 heteroatoms. The van der Waals surface area contributed by atoms with Gasteiger partial charge in [0.1, 0.15) is 12.4 Å². The average Bonchev–Trinajstić information content (AvgIpc) is 3.02. The van der Waals surface area contributed by atoms with Crippen molar-refractivity contribution in [1.82, 2.24) is 0 Å². The summed E-state index contributed by atoms with van der Waals surface area (Å²) in [5.41, 5.74) is -1.64. The third-order valence-electron chi connectivity index (χ3n) is 6.39. The zero-order valence-corrected chi connectivity index (χ0v) is 17.4. The summed E-state index contributed by atoms with van der Waals surface area (Å²) in [6.07, 6.45) is -8.56. The van der Waals surface area contributed by atoms with Crippen molar-refractivity contribution in [3.05, 3.63) is 24.3 Å². The molecule has 1 heterocycles. The Labute approximate surface area is 181 Å². The topological polar surface area (TPSA) is 59.0 Å². The van der Waals surface area contributed by atoms with Crippen LogP contribution in [0.25, 0.3) is 0 Å². The molecule has 1 atom stereocenters. The second-order valence-electron chi connectivity index (χ2n) is 8.56. The molecule has 2 fully saturated rings. The van der Waals surface area contributed by atoms with E-state index in [2.05, 4.69) is 4.74 Å². The predicted molar refractivity (Wildman–Crippen MR) is 102 cm³/mol. The maximum Gasteiger partial charge on any atom is 0.422 e.